The van der Waals surface area contributed by atoms with Crippen LogP contribution < -0.4 is 25.0 Å². The van der Waals surface area contributed by atoms with Gasteiger partial charge < -0.3 is 24.1 Å². The first-order chi connectivity index (χ1) is 13.9. The van der Waals surface area contributed by atoms with Gasteiger partial charge in [0.1, 0.15) is 22.8 Å². The van der Waals surface area contributed by atoms with E-state index in [1.165, 1.54) is 27.4 Å². The van der Waals surface area contributed by atoms with Crippen molar-refractivity contribution in [2.24, 2.45) is 0 Å². The SMILES string of the molecule is CCn1cc(C(=O)Nc2cc(OC)c(Cl)cc2OC)c(=O)c2cc(OC)ccc21. The number of hydrogen-bond donors (Lipinski definition) is 1. The number of fused-ring (bicyclic) bond motifs is 1. The Morgan fingerprint density at radius 3 is 2.41 bits per heavy atom. The summed E-state index contributed by atoms with van der Waals surface area (Å²) >= 11 is 6.11. The molecule has 0 saturated heterocycles. The lowest BCUT2D eigenvalue weighted by molar-refractivity contribution is 0.102. The van der Waals surface area contributed by atoms with Gasteiger partial charge in [0.2, 0.25) is 5.43 Å². The summed E-state index contributed by atoms with van der Waals surface area (Å²) in [5, 5.41) is 3.46. The second-order valence-electron chi connectivity index (χ2n) is 6.18. The molecular weight excluding hydrogens is 396 g/mol. The molecule has 7 nitrogen and oxygen atoms in total. The smallest absolute Gasteiger partial charge is 0.261 e. The third-order valence-electron chi connectivity index (χ3n) is 4.59. The van der Waals surface area contributed by atoms with Crippen LogP contribution in [0.15, 0.2) is 41.3 Å². The third kappa shape index (κ3) is 3.86. The first-order valence-electron chi connectivity index (χ1n) is 8.87. The van der Waals surface area contributed by atoms with E-state index in [0.717, 1.165) is 5.52 Å². The van der Waals surface area contributed by atoms with E-state index in [1.54, 1.807) is 30.5 Å². The number of nitrogens with zero attached hydrogens (tertiary/aromatic N) is 1. The minimum atomic E-state index is -0.565. The summed E-state index contributed by atoms with van der Waals surface area (Å²) in [6.45, 7) is 2.52. The van der Waals surface area contributed by atoms with Crippen molar-refractivity contribution in [2.45, 2.75) is 13.5 Å². The molecule has 1 N–H and O–H groups in total. The predicted molar refractivity (Wildman–Crippen MR) is 113 cm³/mol. The van der Waals surface area contributed by atoms with Crippen LogP contribution in [0.25, 0.3) is 10.9 Å². The minimum Gasteiger partial charge on any atom is -0.497 e. The van der Waals surface area contributed by atoms with Gasteiger partial charge in [0.05, 0.1) is 42.9 Å². The molecule has 3 rings (SSSR count). The Balaban J connectivity index is 2.10. The highest BCUT2D eigenvalue weighted by molar-refractivity contribution is 6.32. The average Bonchev–Trinajstić information content (AvgIpc) is 2.74. The Bertz CT molecular complexity index is 1140. The molecule has 0 unspecified atom stereocenters. The number of anilines is 1. The van der Waals surface area contributed by atoms with Gasteiger partial charge in [-0.1, -0.05) is 11.6 Å². The second kappa shape index (κ2) is 8.45. The number of methoxy groups -OCH3 is 3. The Hall–Kier alpha value is -3.19. The van der Waals surface area contributed by atoms with Gasteiger partial charge in [-0.3, -0.25) is 9.59 Å². The summed E-state index contributed by atoms with van der Waals surface area (Å²) in [7, 11) is 4.45. The molecule has 0 spiro atoms. The molecule has 0 radical (unpaired) electrons. The fourth-order valence-electron chi connectivity index (χ4n) is 3.07. The normalized spacial score (nSPS) is 10.7. The van der Waals surface area contributed by atoms with Crippen molar-refractivity contribution in [1.29, 1.82) is 0 Å². The lowest BCUT2D eigenvalue weighted by atomic mass is 10.1. The van der Waals surface area contributed by atoms with Crippen molar-refractivity contribution in [3.05, 3.63) is 57.3 Å². The van der Waals surface area contributed by atoms with Gasteiger partial charge in [-0.2, -0.15) is 0 Å². The number of halogens is 1. The van der Waals surface area contributed by atoms with Crippen LogP contribution in [0.4, 0.5) is 5.69 Å². The van der Waals surface area contributed by atoms with Crippen LogP contribution in [-0.2, 0) is 6.54 Å². The van der Waals surface area contributed by atoms with Crippen LogP contribution in [-0.4, -0.2) is 31.8 Å². The maximum absolute atomic E-state index is 13.0. The number of nitrogens with one attached hydrogen (secondary N) is 1. The fourth-order valence-corrected chi connectivity index (χ4v) is 3.31. The lowest BCUT2D eigenvalue weighted by Gasteiger charge is -2.15. The van der Waals surface area contributed by atoms with E-state index in [9.17, 15) is 9.59 Å². The summed E-state index contributed by atoms with van der Waals surface area (Å²) in [6, 6.07) is 8.28. The number of benzene rings is 2. The molecule has 0 bridgehead atoms. The molecule has 1 aromatic heterocycles. The van der Waals surface area contributed by atoms with Crippen LogP contribution in [0.3, 0.4) is 0 Å². The summed E-state index contributed by atoms with van der Waals surface area (Å²) in [5.74, 6) is 0.697. The van der Waals surface area contributed by atoms with Gasteiger partial charge >= 0.3 is 0 Å². The van der Waals surface area contributed by atoms with Gasteiger partial charge in [-0.05, 0) is 25.1 Å². The maximum atomic E-state index is 13.0. The van der Waals surface area contributed by atoms with Crippen molar-refractivity contribution < 1.29 is 19.0 Å². The maximum Gasteiger partial charge on any atom is 0.261 e. The van der Waals surface area contributed by atoms with Crippen molar-refractivity contribution in [1.82, 2.24) is 4.57 Å². The number of ether oxygens (including phenoxy) is 3. The molecule has 0 aliphatic rings. The summed E-state index contributed by atoms with van der Waals surface area (Å²) < 4.78 is 17.5. The van der Waals surface area contributed by atoms with Gasteiger partial charge in [0.25, 0.3) is 5.91 Å². The molecule has 1 heterocycles. The monoisotopic (exact) mass is 416 g/mol. The summed E-state index contributed by atoms with van der Waals surface area (Å²) in [5.41, 5.74) is 0.678. The van der Waals surface area contributed by atoms with E-state index in [4.69, 9.17) is 25.8 Å². The van der Waals surface area contributed by atoms with Gasteiger partial charge in [-0.25, -0.2) is 0 Å². The van der Waals surface area contributed by atoms with Crippen LogP contribution >= 0.6 is 11.6 Å². The third-order valence-corrected chi connectivity index (χ3v) is 4.89. The quantitative estimate of drug-likeness (QED) is 0.658. The summed E-state index contributed by atoms with van der Waals surface area (Å²) in [4.78, 5) is 26.0. The molecule has 29 heavy (non-hydrogen) atoms. The number of carbonyl (C=O) groups is 1. The standard InChI is InChI=1S/C21H21ClN2O5/c1-5-24-11-14(20(25)13-8-12(27-2)6-7-17(13)24)21(26)23-16-10-18(28-3)15(22)9-19(16)29-4/h6-11H,5H2,1-4H3,(H,23,26). The minimum absolute atomic E-state index is 0.00331. The van der Waals surface area contributed by atoms with Crippen molar-refractivity contribution >= 4 is 34.1 Å². The first kappa shape index (κ1) is 20.5. The first-order valence-corrected chi connectivity index (χ1v) is 9.25. The number of hydrogen-bond acceptors (Lipinski definition) is 5. The zero-order valence-electron chi connectivity index (χ0n) is 16.5. The highest BCUT2D eigenvalue weighted by atomic mass is 35.5. The highest BCUT2D eigenvalue weighted by Gasteiger charge is 2.19. The number of amides is 1. The molecule has 0 aliphatic carbocycles. The number of aryl methyl sites for hydroxylation is 1. The predicted octanol–water partition coefficient (Wildman–Crippen LogP) is 3.95. The molecule has 8 heteroatoms. The second-order valence-corrected chi connectivity index (χ2v) is 6.59. The highest BCUT2D eigenvalue weighted by Crippen LogP contribution is 2.36. The lowest BCUT2D eigenvalue weighted by Crippen LogP contribution is -2.24. The summed E-state index contributed by atoms with van der Waals surface area (Å²) in [6.07, 6.45) is 1.55. The van der Waals surface area contributed by atoms with E-state index in [-0.39, 0.29) is 11.0 Å². The Morgan fingerprint density at radius 1 is 1.07 bits per heavy atom. The van der Waals surface area contributed by atoms with Gasteiger partial charge in [-0.15, -0.1) is 0 Å². The largest absolute Gasteiger partial charge is 0.497 e. The Labute approximate surface area is 172 Å². The van der Waals surface area contributed by atoms with Gasteiger partial charge in [0, 0.05) is 24.9 Å². The molecule has 0 atom stereocenters. The molecule has 0 saturated carbocycles. The van der Waals surface area contributed by atoms with Gasteiger partial charge in [0.15, 0.2) is 0 Å². The molecule has 0 fully saturated rings. The van der Waals surface area contributed by atoms with Crippen LogP contribution in [0, 0.1) is 0 Å². The van der Waals surface area contributed by atoms with E-state index < -0.39 is 5.91 Å². The number of aromatic nitrogens is 1. The molecule has 0 aliphatic heterocycles. The fraction of sp³-hybridized carbons (Fsp3) is 0.238. The molecule has 1 amide bonds. The molecule has 2 aromatic carbocycles. The zero-order valence-corrected chi connectivity index (χ0v) is 17.3. The van der Waals surface area contributed by atoms with E-state index in [2.05, 4.69) is 5.32 Å². The molecule has 3 aromatic rings. The number of rotatable bonds is 6. The van der Waals surface area contributed by atoms with E-state index >= 15 is 0 Å². The Morgan fingerprint density at radius 2 is 1.79 bits per heavy atom. The number of carbonyl (C=O) groups excluding carboxylic acids is 1. The van der Waals surface area contributed by atoms with Crippen molar-refractivity contribution in [3.63, 3.8) is 0 Å². The van der Waals surface area contributed by atoms with Crippen molar-refractivity contribution in [2.75, 3.05) is 26.6 Å². The van der Waals surface area contributed by atoms with E-state index in [0.29, 0.717) is 39.9 Å². The van der Waals surface area contributed by atoms with Crippen LogP contribution in [0.1, 0.15) is 17.3 Å². The average molecular weight is 417 g/mol. The van der Waals surface area contributed by atoms with Crippen molar-refractivity contribution in [3.8, 4) is 17.2 Å². The molecular formula is C21H21ClN2O5. The Kier molecular flexibility index (Phi) is 5.98. The van der Waals surface area contributed by atoms with Crippen LogP contribution in [0.5, 0.6) is 17.2 Å². The number of pyridine rings is 1. The van der Waals surface area contributed by atoms with Crippen LogP contribution in [0.2, 0.25) is 5.02 Å². The van der Waals surface area contributed by atoms with E-state index in [1.807, 2.05) is 11.5 Å². The topological polar surface area (TPSA) is 78.8 Å². The molecule has 152 valence electrons. The zero-order chi connectivity index (χ0) is 21.1.